The second kappa shape index (κ2) is 7.96. The van der Waals surface area contributed by atoms with E-state index in [2.05, 4.69) is 0 Å². The van der Waals surface area contributed by atoms with Crippen LogP contribution in [-0.2, 0) is 16.0 Å². The summed E-state index contributed by atoms with van der Waals surface area (Å²) in [5.41, 5.74) is 3.53. The maximum atomic E-state index is 13.8. The Labute approximate surface area is 185 Å². The number of nitrogens with zero attached hydrogens (tertiary/aromatic N) is 2. The van der Waals surface area contributed by atoms with Gasteiger partial charge in [0.05, 0.1) is 18.4 Å². The molecule has 0 aromatic heterocycles. The van der Waals surface area contributed by atoms with E-state index in [1.54, 1.807) is 12.1 Å². The Bertz CT molecular complexity index is 1250. The number of hydrogen-bond acceptors (Lipinski definition) is 4. The number of amides is 2. The largest absolute Gasteiger partial charge is 0.496 e. The molecule has 0 unspecified atom stereocenters. The fourth-order valence-electron chi connectivity index (χ4n) is 4.45. The summed E-state index contributed by atoms with van der Waals surface area (Å²) in [4.78, 5) is 30.5. The minimum absolute atomic E-state index is 0.286. The topological polar surface area (TPSA) is 49.9 Å². The van der Waals surface area contributed by atoms with Gasteiger partial charge in [-0.3, -0.25) is 9.59 Å². The summed E-state index contributed by atoms with van der Waals surface area (Å²) in [5, 5.41) is 0. The third kappa shape index (κ3) is 3.15. The van der Waals surface area contributed by atoms with Gasteiger partial charge in [-0.1, -0.05) is 36.4 Å². The molecule has 0 atom stereocenters. The molecule has 6 heteroatoms. The second-order valence-electron chi connectivity index (χ2n) is 7.73. The Morgan fingerprint density at radius 2 is 1.59 bits per heavy atom. The van der Waals surface area contributed by atoms with Gasteiger partial charge < -0.3 is 9.64 Å². The maximum absolute atomic E-state index is 13.8. The number of ether oxygens (including phenoxy) is 1. The number of carbonyl (C=O) groups excluding carboxylic acids is 2. The van der Waals surface area contributed by atoms with Gasteiger partial charge in [0.1, 0.15) is 17.3 Å². The Kier molecular flexibility index (Phi) is 4.98. The van der Waals surface area contributed by atoms with Crippen LogP contribution in [0.2, 0.25) is 0 Å². The van der Waals surface area contributed by atoms with E-state index in [1.165, 1.54) is 31.4 Å². The molecule has 0 bridgehead atoms. The van der Waals surface area contributed by atoms with Crippen LogP contribution in [0.25, 0.3) is 5.57 Å². The molecule has 0 saturated carbocycles. The molecule has 2 aliphatic heterocycles. The number of aryl methyl sites for hydroxylation is 1. The van der Waals surface area contributed by atoms with Crippen molar-refractivity contribution in [2.24, 2.45) is 0 Å². The molecule has 2 aliphatic rings. The summed E-state index contributed by atoms with van der Waals surface area (Å²) in [6, 6.07) is 20.5. The lowest BCUT2D eigenvalue weighted by atomic mass is 9.98. The summed E-state index contributed by atoms with van der Waals surface area (Å²) in [5.74, 6) is -0.813. The molecule has 3 aromatic rings. The van der Waals surface area contributed by atoms with E-state index in [9.17, 15) is 14.0 Å². The fraction of sp³-hybridized carbons (Fsp3) is 0.154. The molecule has 0 saturated heterocycles. The highest BCUT2D eigenvalue weighted by molar-refractivity contribution is 6.46. The summed E-state index contributed by atoms with van der Waals surface area (Å²) >= 11 is 0. The number of halogens is 1. The number of carbonyl (C=O) groups is 2. The Morgan fingerprint density at radius 1 is 0.875 bits per heavy atom. The second-order valence-corrected chi connectivity index (χ2v) is 7.73. The lowest BCUT2D eigenvalue weighted by Crippen LogP contribution is -2.37. The van der Waals surface area contributed by atoms with Gasteiger partial charge in [0.15, 0.2) is 0 Å². The van der Waals surface area contributed by atoms with Crippen LogP contribution in [0.1, 0.15) is 17.5 Å². The lowest BCUT2D eigenvalue weighted by molar-refractivity contribution is -0.120. The lowest BCUT2D eigenvalue weighted by Gasteiger charge is -2.32. The molecule has 160 valence electrons. The number of rotatable bonds is 4. The summed E-state index contributed by atoms with van der Waals surface area (Å²) in [6.45, 7) is 0.612. The predicted octanol–water partition coefficient (Wildman–Crippen LogP) is 4.57. The zero-order valence-electron chi connectivity index (χ0n) is 17.5. The molecule has 0 N–H and O–H groups in total. The Hall–Kier alpha value is -3.93. The molecule has 0 fully saturated rings. The monoisotopic (exact) mass is 428 g/mol. The van der Waals surface area contributed by atoms with Crippen molar-refractivity contribution in [3.63, 3.8) is 0 Å². The summed E-state index contributed by atoms with van der Waals surface area (Å²) < 4.78 is 19.0. The van der Waals surface area contributed by atoms with Crippen molar-refractivity contribution >= 4 is 28.8 Å². The van der Waals surface area contributed by atoms with Gasteiger partial charge in [-0.05, 0) is 54.8 Å². The van der Waals surface area contributed by atoms with Gasteiger partial charge in [-0.25, -0.2) is 9.29 Å². The van der Waals surface area contributed by atoms with Crippen LogP contribution in [0.15, 0.2) is 78.5 Å². The standard InChI is InChI=1S/C26H21FN2O3/c1-32-22-11-5-3-9-20(22)23-24(28-16-6-8-17-7-2-4-10-21(17)28)26(31)29(25(23)30)19-14-12-18(27)13-15-19/h2-5,7,9-15H,6,8,16H2,1H3. The first-order valence-corrected chi connectivity index (χ1v) is 10.5. The number of para-hydroxylation sites is 2. The van der Waals surface area contributed by atoms with E-state index in [-0.39, 0.29) is 5.57 Å². The van der Waals surface area contributed by atoms with E-state index < -0.39 is 17.6 Å². The smallest absolute Gasteiger partial charge is 0.282 e. The first-order chi connectivity index (χ1) is 15.6. The van der Waals surface area contributed by atoms with Gasteiger partial charge in [0.2, 0.25) is 0 Å². The van der Waals surface area contributed by atoms with Crippen molar-refractivity contribution in [3.8, 4) is 5.75 Å². The molecule has 0 spiro atoms. The SMILES string of the molecule is COc1ccccc1C1=C(N2CCCc3ccccc32)C(=O)N(c2ccc(F)cc2)C1=O. The van der Waals surface area contributed by atoms with Crippen LogP contribution in [-0.4, -0.2) is 25.5 Å². The third-order valence-electron chi connectivity index (χ3n) is 5.90. The van der Waals surface area contributed by atoms with E-state index >= 15 is 0 Å². The van der Waals surface area contributed by atoms with Crippen molar-refractivity contribution in [3.05, 3.63) is 95.4 Å². The van der Waals surface area contributed by atoms with Crippen LogP contribution < -0.4 is 14.5 Å². The Morgan fingerprint density at radius 3 is 2.38 bits per heavy atom. The number of benzene rings is 3. The number of anilines is 2. The zero-order chi connectivity index (χ0) is 22.2. The van der Waals surface area contributed by atoms with E-state index in [4.69, 9.17) is 4.74 Å². The molecule has 2 amide bonds. The number of fused-ring (bicyclic) bond motifs is 1. The van der Waals surface area contributed by atoms with Crippen LogP contribution in [0, 0.1) is 5.82 Å². The van der Waals surface area contributed by atoms with Crippen molar-refractivity contribution in [2.75, 3.05) is 23.5 Å². The van der Waals surface area contributed by atoms with Gasteiger partial charge in [0.25, 0.3) is 11.8 Å². The van der Waals surface area contributed by atoms with Crippen molar-refractivity contribution < 1.29 is 18.7 Å². The van der Waals surface area contributed by atoms with Crippen molar-refractivity contribution in [2.45, 2.75) is 12.8 Å². The van der Waals surface area contributed by atoms with Gasteiger partial charge in [0, 0.05) is 17.8 Å². The predicted molar refractivity (Wildman–Crippen MR) is 121 cm³/mol. The van der Waals surface area contributed by atoms with Gasteiger partial charge in [-0.2, -0.15) is 0 Å². The van der Waals surface area contributed by atoms with Crippen LogP contribution >= 0.6 is 0 Å². The molecular formula is C26H21FN2O3. The highest BCUT2D eigenvalue weighted by Crippen LogP contribution is 2.41. The minimum atomic E-state index is -0.454. The zero-order valence-corrected chi connectivity index (χ0v) is 17.5. The van der Waals surface area contributed by atoms with E-state index in [1.807, 2.05) is 41.3 Å². The first-order valence-electron chi connectivity index (χ1n) is 10.5. The Balaban J connectivity index is 1.72. The molecule has 5 nitrogen and oxygen atoms in total. The molecular weight excluding hydrogens is 407 g/mol. The molecule has 5 rings (SSSR count). The maximum Gasteiger partial charge on any atom is 0.282 e. The number of methoxy groups -OCH3 is 1. The average Bonchev–Trinajstić information content (AvgIpc) is 3.09. The third-order valence-corrected chi connectivity index (χ3v) is 5.90. The highest BCUT2D eigenvalue weighted by atomic mass is 19.1. The molecule has 0 radical (unpaired) electrons. The number of imide groups is 1. The van der Waals surface area contributed by atoms with Crippen molar-refractivity contribution in [1.29, 1.82) is 0 Å². The summed E-state index contributed by atoms with van der Waals surface area (Å²) in [6.07, 6.45) is 1.77. The van der Waals surface area contributed by atoms with Crippen LogP contribution in [0.3, 0.4) is 0 Å². The van der Waals surface area contributed by atoms with Crippen LogP contribution in [0.4, 0.5) is 15.8 Å². The van der Waals surface area contributed by atoms with Gasteiger partial charge in [-0.15, -0.1) is 0 Å². The summed E-state index contributed by atoms with van der Waals surface area (Å²) in [7, 11) is 1.54. The minimum Gasteiger partial charge on any atom is -0.496 e. The molecule has 2 heterocycles. The molecule has 0 aliphatic carbocycles. The first kappa shape index (κ1) is 20.0. The normalized spacial score (nSPS) is 15.9. The average molecular weight is 428 g/mol. The fourth-order valence-corrected chi connectivity index (χ4v) is 4.45. The highest BCUT2D eigenvalue weighted by Gasteiger charge is 2.44. The number of hydrogen-bond donors (Lipinski definition) is 0. The van der Waals surface area contributed by atoms with E-state index in [0.29, 0.717) is 29.2 Å². The quantitative estimate of drug-likeness (QED) is 0.571. The van der Waals surface area contributed by atoms with Gasteiger partial charge >= 0.3 is 0 Å². The van der Waals surface area contributed by atoms with Crippen LogP contribution in [0.5, 0.6) is 5.75 Å². The van der Waals surface area contributed by atoms with E-state index in [0.717, 1.165) is 29.0 Å². The molecule has 3 aromatic carbocycles. The molecule has 32 heavy (non-hydrogen) atoms. The van der Waals surface area contributed by atoms with Crippen molar-refractivity contribution in [1.82, 2.24) is 0 Å².